The van der Waals surface area contributed by atoms with Crippen LogP contribution in [0.3, 0.4) is 0 Å². The summed E-state index contributed by atoms with van der Waals surface area (Å²) < 4.78 is 0. The quantitative estimate of drug-likeness (QED) is 0.761. The molecule has 0 aliphatic heterocycles. The molecule has 2 atom stereocenters. The lowest BCUT2D eigenvalue weighted by Gasteiger charge is -2.28. The van der Waals surface area contributed by atoms with E-state index in [-0.39, 0.29) is 12.1 Å². The highest BCUT2D eigenvalue weighted by molar-refractivity contribution is 5.48. The number of hydrogen-bond donors (Lipinski definition) is 3. The van der Waals surface area contributed by atoms with Crippen LogP contribution in [0.4, 0.5) is 11.6 Å². The van der Waals surface area contributed by atoms with Crippen molar-refractivity contribution in [1.29, 1.82) is 0 Å². The first-order valence-electron chi connectivity index (χ1n) is 7.23. The SMILES string of the molecule is CCCNc1cc(NC2CCCCC2O)nc(C)n1. The highest BCUT2D eigenvalue weighted by Crippen LogP contribution is 2.22. The van der Waals surface area contributed by atoms with Crippen LogP contribution in [0.5, 0.6) is 0 Å². The Hall–Kier alpha value is -1.36. The van der Waals surface area contributed by atoms with Crippen molar-refractivity contribution in [3.63, 3.8) is 0 Å². The molecule has 0 saturated heterocycles. The summed E-state index contributed by atoms with van der Waals surface area (Å²) in [5.41, 5.74) is 0. The standard InChI is InChI=1S/C14H24N4O/c1-3-8-15-13-9-14(17-10(2)16-13)18-11-6-4-5-7-12(11)19/h9,11-12,19H,3-8H2,1-2H3,(H2,15,16,17,18). The smallest absolute Gasteiger partial charge is 0.132 e. The van der Waals surface area contributed by atoms with Gasteiger partial charge in [-0.2, -0.15) is 0 Å². The molecule has 0 spiro atoms. The Kier molecular flexibility index (Phi) is 4.96. The van der Waals surface area contributed by atoms with Crippen molar-refractivity contribution < 1.29 is 5.11 Å². The summed E-state index contributed by atoms with van der Waals surface area (Å²) in [6.07, 6.45) is 4.96. The molecule has 1 fully saturated rings. The van der Waals surface area contributed by atoms with E-state index in [0.29, 0.717) is 0 Å². The molecule has 1 aromatic rings. The van der Waals surface area contributed by atoms with Gasteiger partial charge in [0, 0.05) is 12.6 Å². The van der Waals surface area contributed by atoms with E-state index in [1.807, 2.05) is 13.0 Å². The third-order valence-corrected chi connectivity index (χ3v) is 3.46. The molecule has 0 amide bonds. The Morgan fingerprint density at radius 1 is 1.26 bits per heavy atom. The lowest BCUT2D eigenvalue weighted by molar-refractivity contribution is 0.116. The molecule has 0 radical (unpaired) electrons. The third kappa shape index (κ3) is 4.06. The first kappa shape index (κ1) is 14.1. The molecule has 1 saturated carbocycles. The van der Waals surface area contributed by atoms with E-state index in [0.717, 1.165) is 49.7 Å². The van der Waals surface area contributed by atoms with Gasteiger partial charge in [-0.1, -0.05) is 19.8 Å². The summed E-state index contributed by atoms with van der Waals surface area (Å²) in [6, 6.07) is 2.03. The molecule has 0 bridgehead atoms. The molecule has 0 aromatic carbocycles. The van der Waals surface area contributed by atoms with Crippen LogP contribution >= 0.6 is 0 Å². The van der Waals surface area contributed by atoms with Crippen molar-refractivity contribution >= 4 is 11.6 Å². The van der Waals surface area contributed by atoms with Crippen molar-refractivity contribution in [3.05, 3.63) is 11.9 Å². The van der Waals surface area contributed by atoms with Crippen LogP contribution in [-0.4, -0.2) is 33.8 Å². The van der Waals surface area contributed by atoms with E-state index in [1.54, 1.807) is 0 Å². The minimum absolute atomic E-state index is 0.113. The van der Waals surface area contributed by atoms with Crippen molar-refractivity contribution in [1.82, 2.24) is 9.97 Å². The normalized spacial score (nSPS) is 23.1. The number of aliphatic hydroxyl groups excluding tert-OH is 1. The molecule has 106 valence electrons. The van der Waals surface area contributed by atoms with Crippen LogP contribution in [0.15, 0.2) is 6.07 Å². The molecular weight excluding hydrogens is 240 g/mol. The van der Waals surface area contributed by atoms with Crippen molar-refractivity contribution in [2.24, 2.45) is 0 Å². The number of hydrogen-bond acceptors (Lipinski definition) is 5. The van der Waals surface area contributed by atoms with Gasteiger partial charge >= 0.3 is 0 Å². The molecule has 2 rings (SSSR count). The van der Waals surface area contributed by atoms with Gasteiger partial charge in [0.2, 0.25) is 0 Å². The monoisotopic (exact) mass is 264 g/mol. The van der Waals surface area contributed by atoms with Crippen molar-refractivity contribution in [3.8, 4) is 0 Å². The van der Waals surface area contributed by atoms with Crippen LogP contribution in [0.25, 0.3) is 0 Å². The predicted molar refractivity (Wildman–Crippen MR) is 77.4 cm³/mol. The van der Waals surface area contributed by atoms with Gasteiger partial charge in [-0.3, -0.25) is 0 Å². The second kappa shape index (κ2) is 6.70. The Morgan fingerprint density at radius 3 is 2.74 bits per heavy atom. The van der Waals surface area contributed by atoms with Gasteiger partial charge in [0.25, 0.3) is 0 Å². The van der Waals surface area contributed by atoms with Crippen LogP contribution in [0, 0.1) is 6.92 Å². The number of rotatable bonds is 5. The van der Waals surface area contributed by atoms with E-state index in [4.69, 9.17) is 0 Å². The summed E-state index contributed by atoms with van der Waals surface area (Å²) in [7, 11) is 0. The van der Waals surface area contributed by atoms with E-state index >= 15 is 0 Å². The number of aryl methyl sites for hydroxylation is 1. The summed E-state index contributed by atoms with van der Waals surface area (Å²) in [5.74, 6) is 2.40. The van der Waals surface area contributed by atoms with Gasteiger partial charge < -0.3 is 15.7 Å². The average molecular weight is 264 g/mol. The van der Waals surface area contributed by atoms with Crippen LogP contribution in [0.2, 0.25) is 0 Å². The summed E-state index contributed by atoms with van der Waals surface area (Å²) in [6.45, 7) is 4.92. The number of nitrogens with one attached hydrogen (secondary N) is 2. The molecule has 1 aromatic heterocycles. The maximum absolute atomic E-state index is 9.99. The van der Waals surface area contributed by atoms with Crippen LogP contribution in [-0.2, 0) is 0 Å². The first-order valence-corrected chi connectivity index (χ1v) is 7.23. The maximum atomic E-state index is 9.99. The van der Waals surface area contributed by atoms with E-state index in [9.17, 15) is 5.11 Å². The lowest BCUT2D eigenvalue weighted by atomic mass is 9.92. The lowest BCUT2D eigenvalue weighted by Crippen LogP contribution is -2.36. The highest BCUT2D eigenvalue weighted by Gasteiger charge is 2.23. The minimum atomic E-state index is -0.268. The van der Waals surface area contributed by atoms with Crippen molar-refractivity contribution in [2.45, 2.75) is 58.1 Å². The second-order valence-corrected chi connectivity index (χ2v) is 5.22. The fraction of sp³-hybridized carbons (Fsp3) is 0.714. The molecule has 5 heteroatoms. The van der Waals surface area contributed by atoms with Gasteiger partial charge in [-0.05, 0) is 26.2 Å². The molecule has 3 N–H and O–H groups in total. The third-order valence-electron chi connectivity index (χ3n) is 3.46. The predicted octanol–water partition coefficient (Wildman–Crippen LogP) is 2.32. The summed E-state index contributed by atoms with van der Waals surface area (Å²) in [5, 5.41) is 16.6. The Labute approximate surface area is 114 Å². The van der Waals surface area contributed by atoms with Gasteiger partial charge in [-0.25, -0.2) is 9.97 Å². The largest absolute Gasteiger partial charge is 0.391 e. The van der Waals surface area contributed by atoms with Crippen molar-refractivity contribution in [2.75, 3.05) is 17.2 Å². The molecule has 19 heavy (non-hydrogen) atoms. The second-order valence-electron chi connectivity index (χ2n) is 5.22. The number of anilines is 2. The number of aliphatic hydroxyl groups is 1. The van der Waals surface area contributed by atoms with Crippen LogP contribution < -0.4 is 10.6 Å². The van der Waals surface area contributed by atoms with Gasteiger partial charge in [0.15, 0.2) is 0 Å². The minimum Gasteiger partial charge on any atom is -0.391 e. The molecule has 5 nitrogen and oxygen atoms in total. The van der Waals surface area contributed by atoms with E-state index in [1.165, 1.54) is 6.42 Å². The molecule has 1 heterocycles. The molecule has 2 unspecified atom stereocenters. The Balaban J connectivity index is 2.04. The summed E-state index contributed by atoms with van der Waals surface area (Å²) in [4.78, 5) is 8.76. The fourth-order valence-electron chi connectivity index (χ4n) is 2.45. The van der Waals surface area contributed by atoms with Gasteiger partial charge in [0.05, 0.1) is 12.1 Å². The molecular formula is C14H24N4O. The van der Waals surface area contributed by atoms with Crippen LogP contribution in [0.1, 0.15) is 44.9 Å². The zero-order valence-electron chi connectivity index (χ0n) is 11.8. The van der Waals surface area contributed by atoms with E-state index < -0.39 is 0 Å². The number of aromatic nitrogens is 2. The molecule has 1 aliphatic rings. The zero-order chi connectivity index (χ0) is 13.7. The van der Waals surface area contributed by atoms with E-state index in [2.05, 4.69) is 27.5 Å². The molecule has 1 aliphatic carbocycles. The Morgan fingerprint density at radius 2 is 2.00 bits per heavy atom. The van der Waals surface area contributed by atoms with Gasteiger partial charge in [-0.15, -0.1) is 0 Å². The highest BCUT2D eigenvalue weighted by atomic mass is 16.3. The topological polar surface area (TPSA) is 70.1 Å². The Bertz CT molecular complexity index is 410. The van der Waals surface area contributed by atoms with Gasteiger partial charge in [0.1, 0.15) is 17.5 Å². The fourth-order valence-corrected chi connectivity index (χ4v) is 2.45. The number of nitrogens with zero attached hydrogens (tertiary/aromatic N) is 2. The average Bonchev–Trinajstić information content (AvgIpc) is 2.38. The zero-order valence-corrected chi connectivity index (χ0v) is 11.8. The maximum Gasteiger partial charge on any atom is 0.132 e. The summed E-state index contributed by atoms with van der Waals surface area (Å²) >= 11 is 0. The first-order chi connectivity index (χ1) is 9.19.